The van der Waals surface area contributed by atoms with Gasteiger partial charge in [0.25, 0.3) is 5.91 Å². The van der Waals surface area contributed by atoms with Gasteiger partial charge in [-0.25, -0.2) is 29.4 Å². The number of aliphatic hydroxyl groups is 3. The minimum atomic E-state index is -2.72. The van der Waals surface area contributed by atoms with Gasteiger partial charge in [0.05, 0.1) is 32.3 Å². The van der Waals surface area contributed by atoms with E-state index in [9.17, 15) is 98.1 Å². The van der Waals surface area contributed by atoms with Crippen molar-refractivity contribution in [2.45, 2.75) is 212 Å². The fourth-order valence-corrected chi connectivity index (χ4v) is 22.3. The van der Waals surface area contributed by atoms with E-state index < -0.39 is 203 Å². The second-order valence-corrected chi connectivity index (χ2v) is 37.9. The number of carbonyl (C=O) groups is 15. The molecule has 3 fully saturated rings. The van der Waals surface area contributed by atoms with E-state index in [1.165, 1.54) is 14.2 Å². The summed E-state index contributed by atoms with van der Waals surface area (Å²) in [5, 5.41) is 107. The number of para-hydroxylation sites is 1. The molecular weight excluding hydrogens is 1800 g/mol. The van der Waals surface area contributed by atoms with Gasteiger partial charge in [-0.1, -0.05) is 139 Å². The van der Waals surface area contributed by atoms with Gasteiger partial charge in [-0.05, 0) is 111 Å². The molecule has 41 nitrogen and oxygen atoms in total. The number of amides is 10. The third-order valence-corrected chi connectivity index (χ3v) is 29.1. The number of aromatic amines is 1. The lowest BCUT2D eigenvalue weighted by atomic mass is 9.47. The zero-order chi connectivity index (χ0) is 97.9. The number of methoxy groups -OCH3 is 2. The lowest BCUT2D eigenvalue weighted by Gasteiger charge is -2.63. The van der Waals surface area contributed by atoms with Crippen molar-refractivity contribution < 1.29 is 127 Å². The molecule has 1 spiro atoms. The molecule has 1 aliphatic carbocycles. The number of nitrogens with one attached hydrogen (secondary N) is 11. The average molecular weight is 1920 g/mol. The number of likely N-dealkylation sites (N-methyl/N-ethyl adjacent to an activating group) is 1. The van der Waals surface area contributed by atoms with Crippen LogP contribution in [0.4, 0.5) is 15.3 Å². The molecule has 0 radical (unpaired) electrons. The molecule has 10 amide bonds. The molecule has 732 valence electrons. The summed E-state index contributed by atoms with van der Waals surface area (Å²) in [6.45, 7) is 5.63. The number of carboxylic acid groups (broad SMARTS) is 5. The van der Waals surface area contributed by atoms with Gasteiger partial charge < -0.3 is 113 Å². The van der Waals surface area contributed by atoms with Gasteiger partial charge in [0.1, 0.15) is 66.2 Å². The second kappa shape index (κ2) is 45.9. The van der Waals surface area contributed by atoms with Crippen LogP contribution in [0.15, 0.2) is 109 Å². The largest absolute Gasteiger partial charge is 0.496 e. The number of aromatic nitrogens is 1. The predicted octanol–water partition coefficient (Wildman–Crippen LogP) is 1.73. The smallest absolute Gasteiger partial charge is 0.426 e. The van der Waals surface area contributed by atoms with Gasteiger partial charge >= 0.3 is 47.9 Å². The van der Waals surface area contributed by atoms with E-state index in [1.54, 1.807) is 72.6 Å². The lowest BCUT2D eigenvalue weighted by molar-refractivity contribution is -0.204. The van der Waals surface area contributed by atoms with Gasteiger partial charge in [0.15, 0.2) is 5.60 Å². The monoisotopic (exact) mass is 1920 g/mol. The first kappa shape index (κ1) is 103. The molecule has 5 aromatic rings. The van der Waals surface area contributed by atoms with E-state index in [-0.39, 0.29) is 75.5 Å². The SMILES string of the molecule is CC[C@]1(O)C[C@@H]2CN(CCc3c([nH]c4ccccc34)[C@@](C(=O)OC)(c3cc4c(cc3OC)N(C)[C@H]3[C@@](O)(C(=O)NNC(=O)OCCSSC[C@H](NC(=O)[C@H](CC(=O)O)NC(=O)[C@@H](N)CNC(=O)[C@H](Cc5ccccc5)NC(=O)[C@H](Cc5ccccc5)NC(=O)CCCCCCNC(=O)CC[C@H](NC(=O)N[C@@H](CCC(=O)O)C(=O)O)C(=O)O)C(=O)O)[C@H](O)[C@]5(CC)C=CCN6CC[C@]43[C@@H]65)C2)C1. The van der Waals surface area contributed by atoms with Crippen LogP contribution in [-0.2, 0) is 102 Å². The van der Waals surface area contributed by atoms with Crippen LogP contribution in [0.25, 0.3) is 10.9 Å². The fourth-order valence-electron chi connectivity index (χ4n) is 20.3. The number of ether oxygens (including phenoxy) is 3. The molecule has 1 saturated carbocycles. The van der Waals surface area contributed by atoms with Crippen LogP contribution < -0.4 is 68.8 Å². The molecule has 43 heteroatoms. The highest BCUT2D eigenvalue weighted by atomic mass is 33.1. The number of carbonyl (C=O) groups excluding carboxylic acids is 10. The number of hydrogen-bond acceptors (Lipinski definition) is 27. The number of urea groups is 1. The number of piperidine rings is 1. The van der Waals surface area contributed by atoms with Crippen molar-refractivity contribution in [3.8, 4) is 5.75 Å². The highest BCUT2D eigenvalue weighted by molar-refractivity contribution is 8.76. The summed E-state index contributed by atoms with van der Waals surface area (Å²) in [7, 11) is 6.49. The summed E-state index contributed by atoms with van der Waals surface area (Å²) in [6.07, 6.45) is 1.85. The Morgan fingerprint density at radius 2 is 1.26 bits per heavy atom. The number of nitrogens with zero attached hydrogens (tertiary/aromatic N) is 3. The van der Waals surface area contributed by atoms with Gasteiger partial charge in [-0.2, -0.15) is 0 Å². The number of H-pyrrole nitrogens is 1. The van der Waals surface area contributed by atoms with Crippen molar-refractivity contribution in [3.05, 3.63) is 143 Å². The Labute approximate surface area is 786 Å². The first-order valence-corrected chi connectivity index (χ1v) is 47.6. The molecule has 1 aromatic heterocycles. The van der Waals surface area contributed by atoms with Crippen LogP contribution >= 0.6 is 21.6 Å². The summed E-state index contributed by atoms with van der Waals surface area (Å²) < 4.78 is 17.8. The number of hydrazine groups is 1. The van der Waals surface area contributed by atoms with Crippen LogP contribution in [0.1, 0.15) is 144 Å². The van der Waals surface area contributed by atoms with E-state index in [2.05, 4.69) is 62.9 Å². The Balaban J connectivity index is 0.664. The Kier molecular flexibility index (Phi) is 35.2. The Bertz CT molecular complexity index is 5210. The summed E-state index contributed by atoms with van der Waals surface area (Å²) in [4.78, 5) is 208. The first-order chi connectivity index (χ1) is 64.4. The number of benzene rings is 4. The Morgan fingerprint density at radius 1 is 0.630 bits per heavy atom. The average Bonchev–Trinajstić information content (AvgIpc) is 1.48. The normalized spacial score (nSPS) is 23.9. The highest BCUT2D eigenvalue weighted by Gasteiger charge is 2.79. The molecule has 6 aliphatic rings. The number of nitrogens with two attached hydrogens (primary N) is 1. The van der Waals surface area contributed by atoms with E-state index >= 15 is 9.59 Å². The predicted molar refractivity (Wildman–Crippen MR) is 492 cm³/mol. The van der Waals surface area contributed by atoms with Crippen LogP contribution in [0.5, 0.6) is 5.75 Å². The molecule has 11 rings (SSSR count). The molecule has 2 bridgehead atoms. The minimum absolute atomic E-state index is 0.0155. The summed E-state index contributed by atoms with van der Waals surface area (Å²) >= 11 is 0. The van der Waals surface area contributed by atoms with E-state index in [4.69, 9.17) is 25.1 Å². The summed E-state index contributed by atoms with van der Waals surface area (Å²) in [6, 6.07) is 14.7. The lowest BCUT2D eigenvalue weighted by Crippen LogP contribution is -2.82. The van der Waals surface area contributed by atoms with Gasteiger partial charge in [-0.3, -0.25) is 63.2 Å². The molecule has 21 N–H and O–H groups in total. The van der Waals surface area contributed by atoms with Crippen molar-refractivity contribution >= 4 is 127 Å². The molecule has 5 aliphatic heterocycles. The Morgan fingerprint density at radius 3 is 1.90 bits per heavy atom. The third-order valence-electron chi connectivity index (χ3n) is 26.7. The number of fused-ring (bicyclic) bond motifs is 6. The number of carboxylic acids is 5. The zero-order valence-electron chi connectivity index (χ0n) is 75.7. The molecule has 17 atom stereocenters. The van der Waals surface area contributed by atoms with E-state index in [0.717, 1.165) is 38.1 Å². The van der Waals surface area contributed by atoms with E-state index in [0.29, 0.717) is 123 Å². The van der Waals surface area contributed by atoms with Crippen molar-refractivity contribution in [1.29, 1.82) is 0 Å². The minimum Gasteiger partial charge on any atom is -0.496 e. The maximum absolute atomic E-state index is 15.7. The highest BCUT2D eigenvalue weighted by Crippen LogP contribution is 2.68. The van der Waals surface area contributed by atoms with Crippen LogP contribution in [-0.4, -0.2) is 302 Å². The molecule has 2 saturated heterocycles. The number of anilines is 1. The number of rotatable bonds is 46. The molecule has 4 aromatic carbocycles. The molecular formula is C92H121N15O26S2. The quantitative estimate of drug-likeness (QED) is 0.00867. The topological polar surface area (TPSA) is 617 Å². The van der Waals surface area contributed by atoms with Crippen LogP contribution in [0.2, 0.25) is 0 Å². The molecule has 6 heterocycles. The standard InChI is InChI=1S/C92H121N15O26S2/c1-6-88(129)46-54-47-91(85(126)132-5,73-56(32-37-106(49-54)51-88)55-25-17-18-26-60(55)97-73)58-43-57-67(45-68(58)131-4)105(3)82-90(57)34-38-107-36-20-33-89(7-2,81(90)107)83(124)92(82,130)84(125)103-104-87(128)133-39-40-134-135-50-66(80(122)123)100-77(117)65(44-72(112)113)98-74(114)59(93)48-95-75(115)63(41-52-21-12-10-13-22-52)99-76(116)64(42-53-23-14-11-15-24-53)96-70(109)27-16-8-9-19-35-94-69(108)30-28-61(78(118)119)101-86(127)102-62(79(120)121)29-31-71(110)111/h10-15,17-18,20-26,33,43,45,54,59,61-66,81-83,97,124,129-130H,6-9,16,19,27-32,34-42,44,46-51,93H2,1-5H3,(H,94,108)(H,95,115)(H,96,109)(H,98,114)(H,99,116)(H,100,117)(H,103,125)(H,104,128)(H,110,111)(H,112,113)(H,118,119)(H,120,121)(H,122,123)(H2,101,102,127)/t54-,59-,61-,62-,63-,64-,65-,66-,81-,82+,83+,88-,89+,90+,91-,92-/m0/s1. The van der Waals surface area contributed by atoms with Crippen molar-refractivity contribution in [2.75, 3.05) is 90.1 Å². The van der Waals surface area contributed by atoms with E-state index in [1.807, 2.05) is 67.7 Å². The van der Waals surface area contributed by atoms with Gasteiger partial charge in [-0.15, -0.1) is 0 Å². The second-order valence-electron chi connectivity index (χ2n) is 35.3. The van der Waals surface area contributed by atoms with Gasteiger partial charge in [0.2, 0.25) is 35.4 Å². The van der Waals surface area contributed by atoms with Crippen molar-refractivity contribution in [2.24, 2.45) is 17.1 Å². The van der Waals surface area contributed by atoms with Crippen LogP contribution in [0, 0.1) is 11.3 Å². The number of aliphatic hydroxyl groups excluding tert-OH is 1. The number of hydrogen-bond donors (Lipinski definition) is 20. The molecule has 135 heavy (non-hydrogen) atoms. The summed E-state index contributed by atoms with van der Waals surface area (Å²) in [5.74, 6) is -14.6. The fraction of sp³-hybridized carbons (Fsp3) is 0.533. The van der Waals surface area contributed by atoms with Crippen molar-refractivity contribution in [3.63, 3.8) is 0 Å². The number of aliphatic carboxylic acids is 5. The summed E-state index contributed by atoms with van der Waals surface area (Å²) in [5.41, 5.74) is 8.28. The first-order valence-electron chi connectivity index (χ1n) is 45.1. The number of esters is 1. The Hall–Kier alpha value is -12.1. The third kappa shape index (κ3) is 23.9. The maximum Gasteiger partial charge on any atom is 0.426 e. The zero-order valence-corrected chi connectivity index (χ0v) is 77.3. The molecule has 1 unspecified atom stereocenters. The van der Waals surface area contributed by atoms with Crippen molar-refractivity contribution in [1.82, 2.24) is 68.2 Å². The van der Waals surface area contributed by atoms with Gasteiger partial charge in [0, 0.05) is 141 Å². The number of unbranched alkanes of at least 4 members (excludes halogenated alkanes) is 3. The van der Waals surface area contributed by atoms with Crippen LogP contribution in [0.3, 0.4) is 0 Å². The maximum atomic E-state index is 15.7.